The summed E-state index contributed by atoms with van der Waals surface area (Å²) in [6.45, 7) is 1.63. The van der Waals surface area contributed by atoms with Crippen LogP contribution in [0, 0.1) is 0 Å². The van der Waals surface area contributed by atoms with Crippen molar-refractivity contribution in [1.29, 1.82) is 0 Å². The fraction of sp³-hybridized carbons (Fsp3) is 1.00. The molecule has 0 aliphatic heterocycles. The maximum atomic E-state index is 12.5. The third-order valence-electron chi connectivity index (χ3n) is 1.32. The first-order valence-electron chi connectivity index (χ1n) is 3.37. The smallest absolute Gasteiger partial charge is 0.204 e. The number of hydrogen-bond donors (Lipinski definition) is 1. The van der Waals surface area contributed by atoms with Crippen molar-refractivity contribution >= 4 is 10.0 Å². The molecule has 0 bridgehead atoms. The predicted octanol–water partition coefficient (Wildman–Crippen LogP) is 1.57. The summed E-state index contributed by atoms with van der Waals surface area (Å²) in [7, 11) is -5.12. The average molecular weight is 205 g/mol. The van der Waals surface area contributed by atoms with Gasteiger partial charge < -0.3 is 0 Å². The van der Waals surface area contributed by atoms with Gasteiger partial charge in [0.25, 0.3) is 0 Å². The highest BCUT2D eigenvalue weighted by atomic mass is 32.2. The van der Waals surface area contributed by atoms with E-state index in [1.165, 1.54) is 0 Å². The van der Waals surface area contributed by atoms with Crippen molar-refractivity contribution in [2.24, 2.45) is 0 Å². The normalized spacial score (nSPS) is 13.3. The molecule has 0 aliphatic carbocycles. The molecule has 1 N–H and O–H groups in total. The molecule has 7 heteroatoms. The van der Waals surface area contributed by atoms with Crippen LogP contribution in [0.15, 0.2) is 0 Å². The fourth-order valence-corrected chi connectivity index (χ4v) is 1.10. The van der Waals surface area contributed by atoms with E-state index in [2.05, 4.69) is 0 Å². The van der Waals surface area contributed by atoms with Gasteiger partial charge in [-0.25, -0.2) is 8.42 Å². The van der Waals surface area contributed by atoms with E-state index in [1.807, 2.05) is 0 Å². The summed E-state index contributed by atoms with van der Waals surface area (Å²) in [4.78, 5) is 0.113. The topological polar surface area (TPSA) is 46.2 Å². The Bertz CT molecular complexity index is 227. The van der Waals surface area contributed by atoms with Crippen molar-refractivity contribution in [2.45, 2.75) is 31.4 Å². The second-order valence-electron chi connectivity index (χ2n) is 2.32. The van der Waals surface area contributed by atoms with E-state index < -0.39 is 21.7 Å². The van der Waals surface area contributed by atoms with Gasteiger partial charge in [-0.1, -0.05) is 13.3 Å². The third-order valence-corrected chi connectivity index (χ3v) is 2.51. The first kappa shape index (κ1) is 11.7. The minimum Gasteiger partial charge on any atom is -0.204 e. The Morgan fingerprint density at radius 2 is 1.92 bits per heavy atom. The molecule has 0 aromatic heterocycles. The molecule has 0 heterocycles. The van der Waals surface area contributed by atoms with E-state index in [9.17, 15) is 21.7 Å². The van der Waals surface area contributed by atoms with Crippen LogP contribution in [0.4, 0.5) is 13.3 Å². The molecular formula is C5H10F3NO2S. The summed E-state index contributed by atoms with van der Waals surface area (Å²) < 4.78 is 57.0. The lowest BCUT2D eigenvalue weighted by Crippen LogP contribution is -2.35. The zero-order valence-electron chi connectivity index (χ0n) is 6.48. The van der Waals surface area contributed by atoms with Gasteiger partial charge in [0.05, 0.1) is 0 Å². The first-order valence-corrected chi connectivity index (χ1v) is 4.85. The van der Waals surface area contributed by atoms with Crippen LogP contribution in [0.2, 0.25) is 0 Å². The van der Waals surface area contributed by atoms with Gasteiger partial charge >= 0.3 is 15.3 Å². The lowest BCUT2D eigenvalue weighted by atomic mass is 10.3. The standard InChI is InChI=1S/C5H10F3NO2S/c1-2-3-4-5(6,7)12(10,11)9-8/h9H,2-4H2,1H3. The van der Waals surface area contributed by atoms with Crippen molar-refractivity contribution < 1.29 is 21.7 Å². The van der Waals surface area contributed by atoms with Crippen LogP contribution in [-0.2, 0) is 10.0 Å². The Morgan fingerprint density at radius 3 is 2.25 bits per heavy atom. The van der Waals surface area contributed by atoms with Crippen LogP contribution in [0.1, 0.15) is 26.2 Å². The molecular weight excluding hydrogens is 195 g/mol. The number of alkyl halides is 2. The van der Waals surface area contributed by atoms with Crippen LogP contribution in [0.5, 0.6) is 0 Å². The SMILES string of the molecule is CCCCC(F)(F)S(=O)(=O)NF. The quantitative estimate of drug-likeness (QED) is 0.692. The van der Waals surface area contributed by atoms with Crippen LogP contribution >= 0.6 is 0 Å². The lowest BCUT2D eigenvalue weighted by Gasteiger charge is -2.13. The molecule has 0 saturated heterocycles. The Balaban J connectivity index is 4.39. The molecule has 0 radical (unpaired) electrons. The van der Waals surface area contributed by atoms with Crippen LogP contribution in [-0.4, -0.2) is 13.7 Å². The highest BCUT2D eigenvalue weighted by Gasteiger charge is 2.44. The molecule has 0 spiro atoms. The van der Waals surface area contributed by atoms with Gasteiger partial charge in [0, 0.05) is 6.42 Å². The zero-order chi connectivity index (χ0) is 9.83. The molecule has 0 fully saturated rings. The van der Waals surface area contributed by atoms with E-state index in [0.29, 0.717) is 6.42 Å². The highest BCUT2D eigenvalue weighted by Crippen LogP contribution is 2.26. The number of hydrogen-bond acceptors (Lipinski definition) is 2. The molecule has 0 rings (SSSR count). The molecule has 12 heavy (non-hydrogen) atoms. The monoisotopic (exact) mass is 205 g/mol. The van der Waals surface area contributed by atoms with Gasteiger partial charge in [0.2, 0.25) is 0 Å². The number of nitrogens with one attached hydrogen (secondary N) is 1. The number of sulfonamides is 1. The van der Waals surface area contributed by atoms with E-state index in [4.69, 9.17) is 0 Å². The minimum atomic E-state index is -5.12. The molecule has 3 nitrogen and oxygen atoms in total. The van der Waals surface area contributed by atoms with Crippen LogP contribution < -0.4 is 4.94 Å². The Morgan fingerprint density at radius 1 is 1.42 bits per heavy atom. The maximum Gasteiger partial charge on any atom is 0.361 e. The van der Waals surface area contributed by atoms with Crippen molar-refractivity contribution in [3.63, 3.8) is 0 Å². The molecule has 0 atom stereocenters. The summed E-state index contributed by atoms with van der Waals surface area (Å²) in [5.41, 5.74) is 0. The first-order chi connectivity index (χ1) is 5.37. The lowest BCUT2D eigenvalue weighted by molar-refractivity contribution is 0.0748. The minimum absolute atomic E-state index is 0.0356. The van der Waals surface area contributed by atoms with E-state index in [-0.39, 0.29) is 11.4 Å². The molecule has 0 aliphatic rings. The van der Waals surface area contributed by atoms with Gasteiger partial charge in [-0.15, -0.1) is 4.48 Å². The van der Waals surface area contributed by atoms with E-state index in [1.54, 1.807) is 6.92 Å². The number of rotatable bonds is 5. The van der Waals surface area contributed by atoms with Crippen molar-refractivity contribution in [2.75, 3.05) is 0 Å². The average Bonchev–Trinajstić information content (AvgIpc) is 2.00. The predicted molar refractivity (Wildman–Crippen MR) is 37.6 cm³/mol. The second kappa shape index (κ2) is 4.08. The Labute approximate surface area is 68.9 Å². The van der Waals surface area contributed by atoms with Crippen LogP contribution in [0.25, 0.3) is 0 Å². The molecule has 0 aromatic carbocycles. The van der Waals surface area contributed by atoms with Gasteiger partial charge in [0.15, 0.2) is 0 Å². The Kier molecular flexibility index (Phi) is 3.98. The summed E-state index contributed by atoms with van der Waals surface area (Å²) in [5, 5.41) is -4.02. The fourth-order valence-electron chi connectivity index (χ4n) is 0.573. The molecule has 74 valence electrons. The van der Waals surface area contributed by atoms with Gasteiger partial charge in [-0.3, -0.25) is 0 Å². The second-order valence-corrected chi connectivity index (χ2v) is 4.08. The number of unbranched alkanes of at least 4 members (excludes halogenated alkanes) is 1. The van der Waals surface area contributed by atoms with E-state index in [0.717, 1.165) is 0 Å². The summed E-state index contributed by atoms with van der Waals surface area (Å²) in [5.74, 6) is 0. The molecule has 0 unspecified atom stereocenters. The molecule has 0 amide bonds. The maximum absolute atomic E-state index is 12.5. The molecule has 0 saturated carbocycles. The van der Waals surface area contributed by atoms with Gasteiger partial charge in [-0.2, -0.15) is 8.78 Å². The molecule has 0 aromatic rings. The van der Waals surface area contributed by atoms with Crippen LogP contribution in [0.3, 0.4) is 0 Å². The van der Waals surface area contributed by atoms with E-state index >= 15 is 0 Å². The van der Waals surface area contributed by atoms with Crippen molar-refractivity contribution in [1.82, 2.24) is 4.94 Å². The summed E-state index contributed by atoms with van der Waals surface area (Å²) >= 11 is 0. The number of halogens is 3. The van der Waals surface area contributed by atoms with Gasteiger partial charge in [0.1, 0.15) is 0 Å². The van der Waals surface area contributed by atoms with Gasteiger partial charge in [-0.05, 0) is 11.4 Å². The Hall–Kier alpha value is -0.300. The third kappa shape index (κ3) is 2.63. The zero-order valence-corrected chi connectivity index (χ0v) is 7.30. The summed E-state index contributed by atoms with van der Waals surface area (Å²) in [6, 6.07) is 0. The largest absolute Gasteiger partial charge is 0.361 e. The van der Waals surface area contributed by atoms with Crippen molar-refractivity contribution in [3.05, 3.63) is 0 Å². The van der Waals surface area contributed by atoms with Crippen molar-refractivity contribution in [3.8, 4) is 0 Å². The summed E-state index contributed by atoms with van der Waals surface area (Å²) in [6.07, 6.45) is -0.395. The highest BCUT2D eigenvalue weighted by molar-refractivity contribution is 7.90.